The molecule has 1 aromatic heterocycles. The Balaban J connectivity index is 2.28. The predicted molar refractivity (Wildman–Crippen MR) is 50.6 cm³/mol. The fraction of sp³-hybridized carbons (Fsp3) is 0.375. The van der Waals surface area contributed by atoms with E-state index in [4.69, 9.17) is 5.11 Å². The lowest BCUT2D eigenvalue weighted by Crippen LogP contribution is -2.25. The van der Waals surface area contributed by atoms with Gasteiger partial charge in [-0.25, -0.2) is 10.4 Å². The maximum Gasteiger partial charge on any atom is 0.240 e. The lowest BCUT2D eigenvalue weighted by atomic mass is 10.3. The van der Waals surface area contributed by atoms with Gasteiger partial charge >= 0.3 is 0 Å². The van der Waals surface area contributed by atoms with Crippen LogP contribution in [0.3, 0.4) is 0 Å². The second-order valence-corrected chi connectivity index (χ2v) is 2.74. The lowest BCUT2D eigenvalue weighted by molar-refractivity contribution is -0.116. The number of Topliss-reactive ketones (excluding diaryl/α,β-unsaturated/α-hetero) is 1. The maximum absolute atomic E-state index is 10.6. The van der Waals surface area contributed by atoms with Crippen LogP contribution in [0.2, 0.25) is 0 Å². The van der Waals surface area contributed by atoms with Crippen molar-refractivity contribution in [2.45, 2.75) is 13.3 Å². The molecule has 0 bridgehead atoms. The fourth-order valence-electron chi connectivity index (χ4n) is 0.789. The smallest absolute Gasteiger partial charge is 0.240 e. The Morgan fingerprint density at radius 2 is 2.43 bits per heavy atom. The molecule has 0 atom stereocenters. The second-order valence-electron chi connectivity index (χ2n) is 2.74. The van der Waals surface area contributed by atoms with Crippen LogP contribution in [0.25, 0.3) is 0 Å². The van der Waals surface area contributed by atoms with Gasteiger partial charge in [0.1, 0.15) is 5.78 Å². The van der Waals surface area contributed by atoms with Crippen LogP contribution in [0.15, 0.2) is 12.3 Å². The van der Waals surface area contributed by atoms with E-state index in [1.54, 1.807) is 0 Å². The van der Waals surface area contributed by atoms with Gasteiger partial charge in [0.2, 0.25) is 11.8 Å². The first-order valence-electron chi connectivity index (χ1n) is 4.19. The molecule has 0 saturated carbocycles. The Labute approximate surface area is 81.4 Å². The number of rotatable bonds is 5. The molecule has 0 spiro atoms. The van der Waals surface area contributed by atoms with Crippen molar-refractivity contribution >= 4 is 11.7 Å². The molecule has 6 heteroatoms. The van der Waals surface area contributed by atoms with E-state index in [9.17, 15) is 4.79 Å². The number of aromatic hydroxyl groups is 1. The number of ketones is 1. The third-order valence-corrected chi connectivity index (χ3v) is 1.44. The highest BCUT2D eigenvalue weighted by atomic mass is 16.3. The first-order chi connectivity index (χ1) is 6.68. The third-order valence-electron chi connectivity index (χ3n) is 1.44. The lowest BCUT2D eigenvalue weighted by Gasteiger charge is -2.04. The zero-order valence-electron chi connectivity index (χ0n) is 7.82. The third kappa shape index (κ3) is 3.81. The van der Waals surface area contributed by atoms with Crippen LogP contribution in [-0.4, -0.2) is 27.4 Å². The molecule has 3 N–H and O–H groups in total. The van der Waals surface area contributed by atoms with E-state index < -0.39 is 0 Å². The molecule has 1 aromatic rings. The van der Waals surface area contributed by atoms with E-state index >= 15 is 0 Å². The Morgan fingerprint density at radius 3 is 3.07 bits per heavy atom. The van der Waals surface area contributed by atoms with Gasteiger partial charge < -0.3 is 5.11 Å². The van der Waals surface area contributed by atoms with Gasteiger partial charge in [0.25, 0.3) is 0 Å². The van der Waals surface area contributed by atoms with Crippen molar-refractivity contribution in [3.8, 4) is 5.88 Å². The minimum absolute atomic E-state index is 0.101. The number of carbonyl (C=O) groups excluding carboxylic acids is 1. The average molecular weight is 196 g/mol. The van der Waals surface area contributed by atoms with Crippen molar-refractivity contribution in [1.29, 1.82) is 0 Å². The Bertz CT molecular complexity index is 316. The predicted octanol–water partition coefficient (Wildman–Crippen LogP) is 0.0778. The number of nitrogens with zero attached hydrogens (tertiary/aromatic N) is 2. The van der Waals surface area contributed by atoms with Gasteiger partial charge in [0, 0.05) is 25.2 Å². The highest BCUT2D eigenvalue weighted by Crippen LogP contribution is 2.03. The van der Waals surface area contributed by atoms with Crippen molar-refractivity contribution in [2.24, 2.45) is 0 Å². The van der Waals surface area contributed by atoms with Crippen molar-refractivity contribution < 1.29 is 9.90 Å². The highest BCUT2D eigenvalue weighted by molar-refractivity contribution is 5.75. The second kappa shape index (κ2) is 5.13. The molecule has 0 aromatic carbocycles. The summed E-state index contributed by atoms with van der Waals surface area (Å²) in [5.74, 6) is 0.278. The first-order valence-corrected chi connectivity index (χ1v) is 4.19. The Kier molecular flexibility index (Phi) is 3.81. The topological polar surface area (TPSA) is 87.1 Å². The summed E-state index contributed by atoms with van der Waals surface area (Å²) in [5.41, 5.74) is 5.41. The standard InChI is InChI=1S/C8H12N4O2/c1-6(13)2-5-10-12-8-9-4-3-7(14)11-8/h3-4,10H,2,5H2,1H3,(H2,9,11,12,14). The number of anilines is 1. The van der Waals surface area contributed by atoms with Gasteiger partial charge in [0.05, 0.1) is 0 Å². The van der Waals surface area contributed by atoms with Crippen LogP contribution in [0.5, 0.6) is 5.88 Å². The number of carbonyl (C=O) groups is 1. The van der Waals surface area contributed by atoms with E-state index in [2.05, 4.69) is 20.8 Å². The molecule has 6 nitrogen and oxygen atoms in total. The molecule has 0 aliphatic carbocycles. The highest BCUT2D eigenvalue weighted by Gasteiger charge is 1.96. The van der Waals surface area contributed by atoms with Gasteiger partial charge in [-0.2, -0.15) is 4.98 Å². The molecule has 14 heavy (non-hydrogen) atoms. The van der Waals surface area contributed by atoms with Crippen LogP contribution in [0, 0.1) is 0 Å². The summed E-state index contributed by atoms with van der Waals surface area (Å²) in [5, 5.41) is 8.98. The molecule has 0 radical (unpaired) electrons. The van der Waals surface area contributed by atoms with E-state index in [0.717, 1.165) is 0 Å². The van der Waals surface area contributed by atoms with Gasteiger partial charge in [-0.15, -0.1) is 0 Å². The van der Waals surface area contributed by atoms with E-state index in [-0.39, 0.29) is 17.6 Å². The van der Waals surface area contributed by atoms with Crippen LogP contribution in [0.4, 0.5) is 5.95 Å². The number of hydrogen-bond acceptors (Lipinski definition) is 6. The minimum atomic E-state index is -0.101. The summed E-state index contributed by atoms with van der Waals surface area (Å²) < 4.78 is 0. The summed E-state index contributed by atoms with van der Waals surface area (Å²) in [4.78, 5) is 18.1. The molecule has 0 fully saturated rings. The summed E-state index contributed by atoms with van der Waals surface area (Å²) >= 11 is 0. The van der Waals surface area contributed by atoms with Crippen molar-refractivity contribution in [3.05, 3.63) is 12.3 Å². The molecule has 0 unspecified atom stereocenters. The Morgan fingerprint density at radius 1 is 1.64 bits per heavy atom. The molecule has 76 valence electrons. The first kappa shape index (κ1) is 10.4. The molecule has 0 aliphatic heterocycles. The molecule has 1 rings (SSSR count). The molecule has 0 saturated heterocycles. The number of hydrazine groups is 1. The summed E-state index contributed by atoms with van der Waals surface area (Å²) in [7, 11) is 0. The van der Waals surface area contributed by atoms with E-state index in [0.29, 0.717) is 13.0 Å². The van der Waals surface area contributed by atoms with Crippen molar-refractivity contribution in [2.75, 3.05) is 12.0 Å². The molecule has 0 amide bonds. The molecular formula is C8H12N4O2. The number of nitrogens with one attached hydrogen (secondary N) is 2. The van der Waals surface area contributed by atoms with Gasteiger partial charge in [-0.05, 0) is 6.92 Å². The van der Waals surface area contributed by atoms with E-state index in [1.165, 1.54) is 19.2 Å². The maximum atomic E-state index is 10.6. The largest absolute Gasteiger partial charge is 0.493 e. The molecular weight excluding hydrogens is 184 g/mol. The van der Waals surface area contributed by atoms with Crippen LogP contribution < -0.4 is 10.9 Å². The monoisotopic (exact) mass is 196 g/mol. The van der Waals surface area contributed by atoms with Crippen LogP contribution in [0.1, 0.15) is 13.3 Å². The average Bonchev–Trinajstić information content (AvgIpc) is 2.12. The number of hydrogen-bond donors (Lipinski definition) is 3. The van der Waals surface area contributed by atoms with E-state index in [1.807, 2.05) is 0 Å². The zero-order chi connectivity index (χ0) is 10.4. The quantitative estimate of drug-likeness (QED) is 0.456. The Hall–Kier alpha value is -1.69. The van der Waals surface area contributed by atoms with Crippen molar-refractivity contribution in [1.82, 2.24) is 15.4 Å². The van der Waals surface area contributed by atoms with Gasteiger partial charge in [0.15, 0.2) is 0 Å². The molecule has 1 heterocycles. The normalized spacial score (nSPS) is 9.79. The number of aromatic nitrogens is 2. The van der Waals surface area contributed by atoms with Crippen molar-refractivity contribution in [3.63, 3.8) is 0 Å². The fourth-order valence-corrected chi connectivity index (χ4v) is 0.789. The SMILES string of the molecule is CC(=O)CCNNc1nccc(O)n1. The summed E-state index contributed by atoms with van der Waals surface area (Å²) in [6.07, 6.45) is 1.86. The van der Waals surface area contributed by atoms with Gasteiger partial charge in [-0.1, -0.05) is 0 Å². The minimum Gasteiger partial charge on any atom is -0.493 e. The zero-order valence-corrected chi connectivity index (χ0v) is 7.82. The summed E-state index contributed by atoms with van der Waals surface area (Å²) in [6.45, 7) is 2.01. The summed E-state index contributed by atoms with van der Waals surface area (Å²) in [6, 6.07) is 1.38. The van der Waals surface area contributed by atoms with Crippen LogP contribution in [-0.2, 0) is 4.79 Å². The molecule has 0 aliphatic rings. The van der Waals surface area contributed by atoms with Crippen LogP contribution >= 0.6 is 0 Å². The van der Waals surface area contributed by atoms with Gasteiger partial charge in [-0.3, -0.25) is 10.2 Å².